The van der Waals surface area contributed by atoms with Crippen molar-refractivity contribution in [2.75, 3.05) is 18.8 Å². The first kappa shape index (κ1) is 15.1. The van der Waals surface area contributed by atoms with Gasteiger partial charge in [-0.1, -0.05) is 18.2 Å². The van der Waals surface area contributed by atoms with Crippen LogP contribution in [0.1, 0.15) is 32.1 Å². The van der Waals surface area contributed by atoms with Crippen LogP contribution in [-0.2, 0) is 9.59 Å². The van der Waals surface area contributed by atoms with E-state index in [2.05, 4.69) is 0 Å². The van der Waals surface area contributed by atoms with Crippen LogP contribution < -0.4 is 0 Å². The molecule has 1 aromatic rings. The summed E-state index contributed by atoms with van der Waals surface area (Å²) in [5.41, 5.74) is 0. The van der Waals surface area contributed by atoms with E-state index in [-0.39, 0.29) is 5.91 Å². The van der Waals surface area contributed by atoms with Crippen molar-refractivity contribution in [3.05, 3.63) is 30.3 Å². The van der Waals surface area contributed by atoms with E-state index in [1.54, 1.807) is 11.8 Å². The molecule has 0 aromatic heterocycles. The van der Waals surface area contributed by atoms with Crippen molar-refractivity contribution in [3.63, 3.8) is 0 Å². The number of amides is 1. The normalized spacial score (nSPS) is 14.8. The molecule has 1 aromatic carbocycles. The molecule has 1 heterocycles. The van der Waals surface area contributed by atoms with Crippen molar-refractivity contribution in [1.82, 2.24) is 4.90 Å². The lowest BCUT2D eigenvalue weighted by Gasteiger charge is -2.14. The van der Waals surface area contributed by atoms with Crippen LogP contribution in [0.2, 0.25) is 0 Å². The largest absolute Gasteiger partial charge is 0.343 e. The van der Waals surface area contributed by atoms with E-state index in [0.717, 1.165) is 37.2 Å². The fourth-order valence-electron chi connectivity index (χ4n) is 2.32. The molecule has 1 amide bonds. The summed E-state index contributed by atoms with van der Waals surface area (Å²) in [6.45, 7) is 1.72. The van der Waals surface area contributed by atoms with E-state index < -0.39 is 0 Å². The van der Waals surface area contributed by atoms with Crippen LogP contribution >= 0.6 is 11.8 Å². The summed E-state index contributed by atoms with van der Waals surface area (Å²) in [4.78, 5) is 26.3. The molecule has 20 heavy (non-hydrogen) atoms. The Kier molecular flexibility index (Phi) is 6.12. The molecule has 0 unspecified atom stereocenters. The minimum atomic E-state index is 0.274. The molecule has 0 radical (unpaired) electrons. The van der Waals surface area contributed by atoms with E-state index >= 15 is 0 Å². The maximum Gasteiger partial charge on any atom is 0.222 e. The van der Waals surface area contributed by atoms with Crippen molar-refractivity contribution >= 4 is 23.5 Å². The summed E-state index contributed by atoms with van der Waals surface area (Å²) in [7, 11) is 0. The third-order valence-electron chi connectivity index (χ3n) is 3.45. The Hall–Kier alpha value is -1.29. The number of Topliss-reactive ketones (excluding diaryl/α,β-unsaturated/α-hetero) is 1. The number of carbonyl (C=O) groups is 2. The molecule has 1 saturated heterocycles. The van der Waals surface area contributed by atoms with Gasteiger partial charge in [0, 0.05) is 30.8 Å². The summed E-state index contributed by atoms with van der Waals surface area (Å²) in [6.07, 6.45) is 4.14. The van der Waals surface area contributed by atoms with Crippen molar-refractivity contribution in [2.24, 2.45) is 0 Å². The Morgan fingerprint density at radius 2 is 2.00 bits per heavy atom. The van der Waals surface area contributed by atoms with Gasteiger partial charge < -0.3 is 4.90 Å². The molecule has 1 fully saturated rings. The average molecular weight is 291 g/mol. The lowest BCUT2D eigenvalue weighted by Crippen LogP contribution is -2.25. The maximum atomic E-state index is 11.8. The lowest BCUT2D eigenvalue weighted by atomic mass is 10.2. The fourth-order valence-corrected chi connectivity index (χ4v) is 3.14. The Balaban J connectivity index is 1.55. The van der Waals surface area contributed by atoms with Gasteiger partial charge >= 0.3 is 0 Å². The summed E-state index contributed by atoms with van der Waals surface area (Å²) in [6, 6.07) is 10.00. The molecule has 0 aliphatic carbocycles. The summed E-state index contributed by atoms with van der Waals surface area (Å²) in [5.74, 6) is 1.12. The molecular weight excluding hydrogens is 270 g/mol. The minimum Gasteiger partial charge on any atom is -0.343 e. The highest BCUT2D eigenvalue weighted by Crippen LogP contribution is 2.18. The number of nitrogens with zero attached hydrogens (tertiary/aromatic N) is 1. The van der Waals surface area contributed by atoms with Crippen LogP contribution in [-0.4, -0.2) is 35.4 Å². The second-order valence-electron chi connectivity index (χ2n) is 5.08. The maximum absolute atomic E-state index is 11.8. The highest BCUT2D eigenvalue weighted by molar-refractivity contribution is 8.00. The number of unbranched alkanes of at least 4 members (excludes halogenated alkanes) is 1. The highest BCUT2D eigenvalue weighted by atomic mass is 32.2. The molecule has 4 heteroatoms. The predicted molar refractivity (Wildman–Crippen MR) is 81.8 cm³/mol. The molecule has 1 aliphatic heterocycles. The minimum absolute atomic E-state index is 0.274. The number of ketones is 1. The smallest absolute Gasteiger partial charge is 0.222 e. The van der Waals surface area contributed by atoms with Gasteiger partial charge in [0.1, 0.15) is 5.78 Å². The van der Waals surface area contributed by atoms with Crippen LogP contribution in [0.5, 0.6) is 0 Å². The van der Waals surface area contributed by atoms with Gasteiger partial charge in [0.15, 0.2) is 0 Å². The van der Waals surface area contributed by atoms with Gasteiger partial charge in [0.25, 0.3) is 0 Å². The first-order valence-corrected chi connectivity index (χ1v) is 8.21. The highest BCUT2D eigenvalue weighted by Gasteiger charge is 2.18. The number of carbonyl (C=O) groups excluding carboxylic acids is 2. The predicted octanol–water partition coefficient (Wildman–Crippen LogP) is 3.14. The van der Waals surface area contributed by atoms with Gasteiger partial charge in [-0.25, -0.2) is 0 Å². The Morgan fingerprint density at radius 1 is 1.20 bits per heavy atom. The van der Waals surface area contributed by atoms with Gasteiger partial charge in [-0.15, -0.1) is 11.8 Å². The van der Waals surface area contributed by atoms with Crippen LogP contribution in [0.25, 0.3) is 0 Å². The molecule has 0 saturated carbocycles. The molecule has 0 spiro atoms. The van der Waals surface area contributed by atoms with Crippen LogP contribution in [0.4, 0.5) is 0 Å². The van der Waals surface area contributed by atoms with Crippen LogP contribution in [0.3, 0.4) is 0 Å². The Bertz CT molecular complexity index is 447. The fraction of sp³-hybridized carbons (Fsp3) is 0.500. The van der Waals surface area contributed by atoms with Gasteiger partial charge in [-0.2, -0.15) is 0 Å². The van der Waals surface area contributed by atoms with Gasteiger partial charge in [-0.05, 0) is 31.4 Å². The van der Waals surface area contributed by atoms with E-state index in [0.29, 0.717) is 24.4 Å². The number of likely N-dealkylation sites (tertiary alicyclic amines) is 1. The zero-order chi connectivity index (χ0) is 14.2. The third kappa shape index (κ3) is 5.00. The molecular formula is C16H21NO2S. The summed E-state index contributed by atoms with van der Waals surface area (Å²) in [5, 5.41) is 0. The number of benzene rings is 1. The van der Waals surface area contributed by atoms with Gasteiger partial charge in [-0.3, -0.25) is 9.59 Å². The molecule has 2 rings (SSSR count). The molecule has 0 atom stereocenters. The zero-order valence-corrected chi connectivity index (χ0v) is 12.5. The number of hydrogen-bond acceptors (Lipinski definition) is 3. The lowest BCUT2D eigenvalue weighted by molar-refractivity contribution is -0.127. The van der Waals surface area contributed by atoms with Crippen molar-refractivity contribution < 1.29 is 9.59 Å². The van der Waals surface area contributed by atoms with Gasteiger partial charge in [0.2, 0.25) is 5.91 Å². The third-order valence-corrected chi connectivity index (χ3v) is 4.52. The van der Waals surface area contributed by atoms with E-state index in [1.165, 1.54) is 0 Å². The summed E-state index contributed by atoms with van der Waals surface area (Å²) >= 11 is 1.60. The number of thioether (sulfide) groups is 1. The first-order valence-electron chi connectivity index (χ1n) is 7.23. The molecule has 3 nitrogen and oxygen atoms in total. The topological polar surface area (TPSA) is 37.4 Å². The first-order chi connectivity index (χ1) is 9.75. The molecule has 0 bridgehead atoms. The van der Waals surface area contributed by atoms with Crippen LogP contribution in [0.15, 0.2) is 35.2 Å². The number of hydrogen-bond donors (Lipinski definition) is 0. The van der Waals surface area contributed by atoms with Crippen molar-refractivity contribution in [3.8, 4) is 0 Å². The Labute approximate surface area is 124 Å². The van der Waals surface area contributed by atoms with E-state index in [9.17, 15) is 9.59 Å². The monoisotopic (exact) mass is 291 g/mol. The number of rotatable bonds is 8. The van der Waals surface area contributed by atoms with Gasteiger partial charge in [0.05, 0.1) is 5.75 Å². The van der Waals surface area contributed by atoms with Crippen molar-refractivity contribution in [2.45, 2.75) is 37.0 Å². The molecule has 0 N–H and O–H groups in total. The van der Waals surface area contributed by atoms with E-state index in [1.807, 2.05) is 35.2 Å². The molecule has 1 aliphatic rings. The SMILES string of the molecule is O=C(CCCCN1CCCC1=O)CSc1ccccc1. The second-order valence-corrected chi connectivity index (χ2v) is 6.13. The summed E-state index contributed by atoms with van der Waals surface area (Å²) < 4.78 is 0. The second kappa shape index (κ2) is 8.10. The van der Waals surface area contributed by atoms with Crippen LogP contribution in [0, 0.1) is 0 Å². The standard InChI is InChI=1S/C16H21NO2S/c18-14(13-20-15-8-2-1-3-9-15)7-4-5-11-17-12-6-10-16(17)19/h1-3,8-9H,4-7,10-13H2. The quantitative estimate of drug-likeness (QED) is 0.545. The Morgan fingerprint density at radius 3 is 2.70 bits per heavy atom. The molecule has 108 valence electrons. The zero-order valence-electron chi connectivity index (χ0n) is 11.7. The van der Waals surface area contributed by atoms with Crippen molar-refractivity contribution in [1.29, 1.82) is 0 Å². The van der Waals surface area contributed by atoms with E-state index in [4.69, 9.17) is 0 Å². The average Bonchev–Trinajstić information content (AvgIpc) is 2.88.